The molecule has 1 N–H and O–H groups in total. The molecule has 0 saturated heterocycles. The van der Waals surface area contributed by atoms with E-state index in [1.807, 2.05) is 0 Å². The summed E-state index contributed by atoms with van der Waals surface area (Å²) in [6, 6.07) is 18.0. The van der Waals surface area contributed by atoms with Crippen LogP contribution in [0.4, 0.5) is 5.69 Å². The number of anilines is 1. The van der Waals surface area contributed by atoms with Crippen LogP contribution in [-0.2, 0) is 15.8 Å². The molecule has 0 bridgehead atoms. The van der Waals surface area contributed by atoms with Crippen molar-refractivity contribution >= 4 is 56.6 Å². The largest absolute Gasteiger partial charge is 0.497 e. The number of ether oxygens (including phenoxy) is 1. The summed E-state index contributed by atoms with van der Waals surface area (Å²) in [6.07, 6.45) is 0. The highest BCUT2D eigenvalue weighted by Gasteiger charge is 2.21. The normalized spacial score (nSPS) is 11.2. The molecular formula is C24H24Cl2N2O4S2. The van der Waals surface area contributed by atoms with E-state index >= 15 is 0 Å². The van der Waals surface area contributed by atoms with Crippen molar-refractivity contribution < 1.29 is 17.9 Å². The van der Waals surface area contributed by atoms with Crippen LogP contribution >= 0.6 is 35.0 Å². The molecule has 0 unspecified atom stereocenters. The number of amides is 1. The number of hydrogen-bond donors (Lipinski definition) is 1. The highest BCUT2D eigenvalue weighted by molar-refractivity contribution is 7.98. The summed E-state index contributed by atoms with van der Waals surface area (Å²) in [6.45, 7) is 0.471. The van der Waals surface area contributed by atoms with Crippen LogP contribution in [0.25, 0.3) is 0 Å². The van der Waals surface area contributed by atoms with Gasteiger partial charge in [0.15, 0.2) is 0 Å². The summed E-state index contributed by atoms with van der Waals surface area (Å²) in [5, 5.41) is 4.12. The van der Waals surface area contributed by atoms with Gasteiger partial charge in [0.2, 0.25) is 0 Å². The minimum Gasteiger partial charge on any atom is -0.497 e. The van der Waals surface area contributed by atoms with Crippen molar-refractivity contribution in [1.29, 1.82) is 0 Å². The third kappa shape index (κ3) is 6.39. The average molecular weight is 540 g/mol. The van der Waals surface area contributed by atoms with Gasteiger partial charge in [-0.25, -0.2) is 8.42 Å². The predicted octanol–water partition coefficient (Wildman–Crippen LogP) is 5.49. The van der Waals surface area contributed by atoms with Crippen LogP contribution in [0, 0.1) is 0 Å². The summed E-state index contributed by atoms with van der Waals surface area (Å²) in [4.78, 5) is 12.6. The van der Waals surface area contributed by atoms with E-state index in [9.17, 15) is 13.2 Å². The van der Waals surface area contributed by atoms with Crippen LogP contribution in [-0.4, -0.2) is 40.8 Å². The molecule has 3 aromatic carbocycles. The quantitative estimate of drug-likeness (QED) is 0.345. The molecule has 10 heteroatoms. The van der Waals surface area contributed by atoms with Gasteiger partial charge in [-0.2, -0.15) is 11.8 Å². The van der Waals surface area contributed by atoms with E-state index in [-0.39, 0.29) is 10.8 Å². The summed E-state index contributed by atoms with van der Waals surface area (Å²) in [5.74, 6) is 1.68. The standard InChI is InChI=1S/C24H24Cl2N2O4S2/c1-28(34(30,31)20-12-10-19(32-2)11-13-20)18-8-6-17(7-9-18)24(29)27-14-15-33-16-21-22(25)4-3-5-23(21)26/h3-13H,14-16H2,1-2H3,(H,27,29). The van der Waals surface area contributed by atoms with Crippen molar-refractivity contribution in [2.45, 2.75) is 10.6 Å². The molecule has 0 radical (unpaired) electrons. The van der Waals surface area contributed by atoms with Crippen LogP contribution in [0.15, 0.2) is 71.6 Å². The van der Waals surface area contributed by atoms with Crippen molar-refractivity contribution in [2.75, 3.05) is 30.8 Å². The molecule has 6 nitrogen and oxygen atoms in total. The zero-order valence-electron chi connectivity index (χ0n) is 18.6. The minimum atomic E-state index is -3.74. The molecule has 0 aliphatic heterocycles. The van der Waals surface area contributed by atoms with Crippen LogP contribution in [0.1, 0.15) is 15.9 Å². The molecule has 0 atom stereocenters. The van der Waals surface area contributed by atoms with Crippen LogP contribution in [0.5, 0.6) is 5.75 Å². The summed E-state index contributed by atoms with van der Waals surface area (Å²) in [7, 11) is -0.758. The maximum Gasteiger partial charge on any atom is 0.264 e. The second-order valence-electron chi connectivity index (χ2n) is 7.20. The fourth-order valence-corrected chi connectivity index (χ4v) is 5.84. The molecule has 0 fully saturated rings. The number of carbonyl (C=O) groups excluding carboxylic acids is 1. The molecule has 0 spiro atoms. The number of thioether (sulfide) groups is 1. The van der Waals surface area contributed by atoms with Crippen molar-refractivity contribution in [1.82, 2.24) is 5.32 Å². The second-order valence-corrected chi connectivity index (χ2v) is 11.1. The summed E-state index contributed by atoms with van der Waals surface area (Å²) >= 11 is 14.0. The molecule has 0 aromatic heterocycles. The zero-order chi connectivity index (χ0) is 24.7. The molecule has 180 valence electrons. The van der Waals surface area contributed by atoms with Gasteiger partial charge in [0.1, 0.15) is 5.75 Å². The fourth-order valence-electron chi connectivity index (χ4n) is 3.05. The van der Waals surface area contributed by atoms with Gasteiger partial charge < -0.3 is 10.1 Å². The lowest BCUT2D eigenvalue weighted by molar-refractivity contribution is 0.0956. The van der Waals surface area contributed by atoms with Gasteiger partial charge in [-0.3, -0.25) is 9.10 Å². The molecule has 1 amide bonds. The summed E-state index contributed by atoms with van der Waals surface area (Å²) in [5.41, 5.74) is 1.77. The Kier molecular flexibility index (Phi) is 9.13. The molecule has 3 rings (SSSR count). The average Bonchev–Trinajstić information content (AvgIpc) is 2.85. The Balaban J connectivity index is 1.53. The van der Waals surface area contributed by atoms with E-state index in [0.29, 0.717) is 45.1 Å². The lowest BCUT2D eigenvalue weighted by Crippen LogP contribution is -2.27. The van der Waals surface area contributed by atoms with Crippen LogP contribution in [0.2, 0.25) is 10.0 Å². The van der Waals surface area contributed by atoms with Gasteiger partial charge in [-0.1, -0.05) is 29.3 Å². The first-order chi connectivity index (χ1) is 16.2. The first kappa shape index (κ1) is 26.2. The smallest absolute Gasteiger partial charge is 0.264 e. The Hall–Kier alpha value is -2.39. The maximum atomic E-state index is 12.9. The Morgan fingerprint density at radius 3 is 2.21 bits per heavy atom. The second kappa shape index (κ2) is 11.8. The van der Waals surface area contributed by atoms with Crippen molar-refractivity contribution in [2.24, 2.45) is 0 Å². The highest BCUT2D eigenvalue weighted by Crippen LogP contribution is 2.28. The van der Waals surface area contributed by atoms with Gasteiger partial charge in [0.05, 0.1) is 17.7 Å². The number of rotatable bonds is 10. The lowest BCUT2D eigenvalue weighted by Gasteiger charge is -2.20. The van der Waals surface area contributed by atoms with E-state index in [2.05, 4.69) is 5.32 Å². The number of hydrogen-bond acceptors (Lipinski definition) is 5. The monoisotopic (exact) mass is 538 g/mol. The molecule has 0 heterocycles. The first-order valence-corrected chi connectivity index (χ1v) is 13.6. The Morgan fingerprint density at radius 1 is 1.00 bits per heavy atom. The van der Waals surface area contributed by atoms with Crippen molar-refractivity contribution in [3.05, 3.63) is 87.9 Å². The maximum absolute atomic E-state index is 12.9. The van der Waals surface area contributed by atoms with Crippen LogP contribution in [0.3, 0.4) is 0 Å². The molecular weight excluding hydrogens is 515 g/mol. The van der Waals surface area contributed by atoms with Gasteiger partial charge >= 0.3 is 0 Å². The zero-order valence-corrected chi connectivity index (χ0v) is 21.8. The number of halogens is 2. The fraction of sp³-hybridized carbons (Fsp3) is 0.208. The molecule has 0 aliphatic carbocycles. The number of carbonyl (C=O) groups is 1. The SMILES string of the molecule is COc1ccc(S(=O)(=O)N(C)c2ccc(C(=O)NCCSCc3c(Cl)cccc3Cl)cc2)cc1. The topological polar surface area (TPSA) is 75.7 Å². The number of nitrogens with one attached hydrogen (secondary N) is 1. The van der Waals surface area contributed by atoms with E-state index in [0.717, 1.165) is 5.56 Å². The molecule has 3 aromatic rings. The minimum absolute atomic E-state index is 0.146. The highest BCUT2D eigenvalue weighted by atomic mass is 35.5. The number of methoxy groups -OCH3 is 1. The third-order valence-electron chi connectivity index (χ3n) is 5.05. The van der Waals surface area contributed by atoms with E-state index < -0.39 is 10.0 Å². The van der Waals surface area contributed by atoms with Gasteiger partial charge in [-0.05, 0) is 66.2 Å². The Bertz CT molecular complexity index is 1210. The third-order valence-corrected chi connectivity index (χ3v) is 8.54. The lowest BCUT2D eigenvalue weighted by atomic mass is 10.2. The van der Waals surface area contributed by atoms with Gasteiger partial charge in [0.25, 0.3) is 15.9 Å². The number of sulfonamides is 1. The molecule has 0 aliphatic rings. The van der Waals surface area contributed by atoms with Gasteiger partial charge in [-0.15, -0.1) is 0 Å². The van der Waals surface area contributed by atoms with E-state index in [1.54, 1.807) is 66.4 Å². The van der Waals surface area contributed by atoms with Crippen molar-refractivity contribution in [3.8, 4) is 5.75 Å². The predicted molar refractivity (Wildman–Crippen MR) is 140 cm³/mol. The van der Waals surface area contributed by atoms with E-state index in [4.69, 9.17) is 27.9 Å². The van der Waals surface area contributed by atoms with E-state index in [1.165, 1.54) is 30.6 Å². The molecule has 34 heavy (non-hydrogen) atoms. The number of benzene rings is 3. The Labute approximate surface area is 214 Å². The number of nitrogens with zero attached hydrogens (tertiary/aromatic N) is 1. The summed E-state index contributed by atoms with van der Waals surface area (Å²) < 4.78 is 32.0. The Morgan fingerprint density at radius 2 is 1.62 bits per heavy atom. The van der Waals surface area contributed by atoms with Crippen molar-refractivity contribution in [3.63, 3.8) is 0 Å². The van der Waals surface area contributed by atoms with Gasteiger partial charge in [0, 0.05) is 40.7 Å². The first-order valence-electron chi connectivity index (χ1n) is 10.3. The van der Waals surface area contributed by atoms with Crippen LogP contribution < -0.4 is 14.4 Å². The molecule has 0 saturated carbocycles.